The number of aliphatic carboxylic acids is 1. The molecule has 1 N–H and O–H groups in total. The molecule has 7 heteroatoms. The van der Waals surface area contributed by atoms with E-state index in [4.69, 9.17) is 5.11 Å². The van der Waals surface area contributed by atoms with Crippen molar-refractivity contribution in [3.05, 3.63) is 24.0 Å². The highest BCUT2D eigenvalue weighted by molar-refractivity contribution is 5.91. The maximum absolute atomic E-state index is 12.5. The van der Waals surface area contributed by atoms with E-state index in [1.54, 1.807) is 6.92 Å². The second kappa shape index (κ2) is 4.38. The highest BCUT2D eigenvalue weighted by Crippen LogP contribution is 2.33. The van der Waals surface area contributed by atoms with Crippen LogP contribution in [0, 0.1) is 0 Å². The van der Waals surface area contributed by atoms with E-state index in [-0.39, 0.29) is 11.6 Å². The van der Waals surface area contributed by atoms with Crippen LogP contribution < -0.4 is 0 Å². The molecule has 88 valence electrons. The molecule has 0 aliphatic carbocycles. The normalized spacial score (nSPS) is 12.9. The Morgan fingerprint density at radius 2 is 2.25 bits per heavy atom. The van der Waals surface area contributed by atoms with E-state index in [1.165, 1.54) is 4.68 Å². The standard InChI is InChI=1S/C9H9F3N2O2/c1-2-14-5-6(4-13-14)7(3-8(15)16)9(10,11)12/h3-5H,2H2,1H3,(H,15,16). The molecule has 0 unspecified atom stereocenters. The van der Waals surface area contributed by atoms with Crippen LogP contribution in [0.5, 0.6) is 0 Å². The van der Waals surface area contributed by atoms with Gasteiger partial charge in [0.2, 0.25) is 0 Å². The minimum atomic E-state index is -4.71. The van der Waals surface area contributed by atoms with Crippen LogP contribution in [0.2, 0.25) is 0 Å². The zero-order valence-electron chi connectivity index (χ0n) is 8.32. The van der Waals surface area contributed by atoms with Crippen LogP contribution in [-0.4, -0.2) is 27.0 Å². The number of aryl methyl sites for hydroxylation is 1. The van der Waals surface area contributed by atoms with Crippen molar-refractivity contribution in [3.63, 3.8) is 0 Å². The third-order valence-electron chi connectivity index (χ3n) is 1.84. The number of carboxylic acids is 1. The Morgan fingerprint density at radius 3 is 2.62 bits per heavy atom. The van der Waals surface area contributed by atoms with Gasteiger partial charge in [0.15, 0.2) is 0 Å². The molecular weight excluding hydrogens is 225 g/mol. The van der Waals surface area contributed by atoms with Crippen molar-refractivity contribution in [2.75, 3.05) is 0 Å². The molecule has 0 saturated heterocycles. The van der Waals surface area contributed by atoms with Gasteiger partial charge in [0.25, 0.3) is 0 Å². The van der Waals surface area contributed by atoms with E-state index in [1.807, 2.05) is 0 Å². The average Bonchev–Trinajstić information content (AvgIpc) is 2.60. The SMILES string of the molecule is CCn1cc(C(=CC(=O)O)C(F)(F)F)cn1. The Balaban J connectivity index is 3.17. The van der Waals surface area contributed by atoms with Crippen molar-refractivity contribution >= 4 is 11.5 Å². The minimum Gasteiger partial charge on any atom is -0.478 e. The van der Waals surface area contributed by atoms with Crippen LogP contribution in [0.25, 0.3) is 5.57 Å². The fraction of sp³-hybridized carbons (Fsp3) is 0.333. The third kappa shape index (κ3) is 2.85. The summed E-state index contributed by atoms with van der Waals surface area (Å²) >= 11 is 0. The third-order valence-corrected chi connectivity index (χ3v) is 1.84. The van der Waals surface area contributed by atoms with Crippen molar-refractivity contribution in [2.24, 2.45) is 0 Å². The van der Waals surface area contributed by atoms with Crippen molar-refractivity contribution in [1.29, 1.82) is 0 Å². The highest BCUT2D eigenvalue weighted by Gasteiger charge is 2.36. The lowest BCUT2D eigenvalue weighted by atomic mass is 10.1. The summed E-state index contributed by atoms with van der Waals surface area (Å²) in [5.74, 6) is -1.64. The number of rotatable bonds is 3. The van der Waals surface area contributed by atoms with Gasteiger partial charge in [-0.05, 0) is 6.92 Å². The summed E-state index contributed by atoms with van der Waals surface area (Å²) in [6.07, 6.45) is -2.43. The Kier molecular flexibility index (Phi) is 3.36. The number of allylic oxidation sites excluding steroid dienone is 1. The van der Waals surface area contributed by atoms with E-state index in [0.717, 1.165) is 12.4 Å². The first-order valence-corrected chi connectivity index (χ1v) is 4.39. The lowest BCUT2D eigenvalue weighted by Gasteiger charge is -2.08. The lowest BCUT2D eigenvalue weighted by molar-refractivity contribution is -0.131. The van der Waals surface area contributed by atoms with Gasteiger partial charge < -0.3 is 5.11 Å². The zero-order chi connectivity index (χ0) is 12.3. The molecule has 0 aromatic carbocycles. The zero-order valence-corrected chi connectivity index (χ0v) is 8.32. The number of halogens is 3. The van der Waals surface area contributed by atoms with Crippen LogP contribution in [-0.2, 0) is 11.3 Å². The number of hydrogen-bond donors (Lipinski definition) is 1. The Bertz CT molecular complexity index is 421. The van der Waals surface area contributed by atoms with E-state index < -0.39 is 17.7 Å². The van der Waals surface area contributed by atoms with Gasteiger partial charge >= 0.3 is 12.1 Å². The van der Waals surface area contributed by atoms with E-state index in [9.17, 15) is 18.0 Å². The molecule has 0 aliphatic heterocycles. The molecule has 0 aliphatic rings. The summed E-state index contributed by atoms with van der Waals surface area (Å²) < 4.78 is 38.8. The molecule has 16 heavy (non-hydrogen) atoms. The molecule has 0 radical (unpaired) electrons. The summed E-state index contributed by atoms with van der Waals surface area (Å²) in [5, 5.41) is 12.0. The maximum Gasteiger partial charge on any atom is 0.417 e. The maximum atomic E-state index is 12.5. The number of carboxylic acid groups (broad SMARTS) is 1. The highest BCUT2D eigenvalue weighted by atomic mass is 19.4. The summed E-state index contributed by atoms with van der Waals surface area (Å²) in [6.45, 7) is 2.13. The van der Waals surface area contributed by atoms with E-state index in [0.29, 0.717) is 6.54 Å². The fourth-order valence-corrected chi connectivity index (χ4v) is 1.13. The number of hydrogen-bond acceptors (Lipinski definition) is 2. The van der Waals surface area contributed by atoms with Crippen molar-refractivity contribution in [3.8, 4) is 0 Å². The van der Waals surface area contributed by atoms with Gasteiger partial charge in [-0.1, -0.05) is 0 Å². The molecule has 0 spiro atoms. The van der Waals surface area contributed by atoms with Gasteiger partial charge in [0.05, 0.1) is 11.8 Å². The van der Waals surface area contributed by atoms with Crippen molar-refractivity contribution in [2.45, 2.75) is 19.6 Å². The van der Waals surface area contributed by atoms with Crippen LogP contribution in [0.1, 0.15) is 12.5 Å². The minimum absolute atomic E-state index is 0.136. The Labute approximate surface area is 89.0 Å². The van der Waals surface area contributed by atoms with Crippen molar-refractivity contribution < 1.29 is 23.1 Å². The molecule has 1 aromatic heterocycles. The monoisotopic (exact) mass is 234 g/mol. The number of alkyl halides is 3. The van der Waals surface area contributed by atoms with Gasteiger partial charge in [-0.15, -0.1) is 0 Å². The summed E-state index contributed by atoms with van der Waals surface area (Å²) in [5.41, 5.74) is -1.46. The lowest BCUT2D eigenvalue weighted by Crippen LogP contribution is -2.12. The molecule has 1 rings (SSSR count). The molecule has 0 fully saturated rings. The quantitative estimate of drug-likeness (QED) is 0.813. The molecule has 1 aromatic rings. The van der Waals surface area contributed by atoms with Crippen molar-refractivity contribution in [1.82, 2.24) is 9.78 Å². The van der Waals surface area contributed by atoms with E-state index in [2.05, 4.69) is 5.10 Å². The predicted octanol–water partition coefficient (Wildman–Crippen LogP) is 1.93. The average molecular weight is 234 g/mol. The molecule has 0 bridgehead atoms. The second-order valence-electron chi connectivity index (χ2n) is 2.98. The molecule has 4 nitrogen and oxygen atoms in total. The number of nitrogens with zero attached hydrogens (tertiary/aromatic N) is 2. The summed E-state index contributed by atoms with van der Waals surface area (Å²) in [4.78, 5) is 10.3. The molecule has 0 amide bonds. The molecular formula is C9H9F3N2O2. The van der Waals surface area contributed by atoms with Gasteiger partial charge in [-0.3, -0.25) is 4.68 Å². The Hall–Kier alpha value is -1.79. The molecule has 0 atom stereocenters. The first kappa shape index (κ1) is 12.3. The topological polar surface area (TPSA) is 55.1 Å². The van der Waals surface area contributed by atoms with Gasteiger partial charge in [0, 0.05) is 24.4 Å². The van der Waals surface area contributed by atoms with Crippen LogP contribution in [0.3, 0.4) is 0 Å². The van der Waals surface area contributed by atoms with Gasteiger partial charge in [0.1, 0.15) is 0 Å². The van der Waals surface area contributed by atoms with Crippen LogP contribution >= 0.6 is 0 Å². The first-order chi connectivity index (χ1) is 7.34. The largest absolute Gasteiger partial charge is 0.478 e. The Morgan fingerprint density at radius 1 is 1.62 bits per heavy atom. The summed E-state index contributed by atoms with van der Waals surface area (Å²) in [6, 6.07) is 0. The van der Waals surface area contributed by atoms with Gasteiger partial charge in [-0.2, -0.15) is 18.3 Å². The second-order valence-corrected chi connectivity index (χ2v) is 2.98. The number of aromatic nitrogens is 2. The van der Waals surface area contributed by atoms with Gasteiger partial charge in [-0.25, -0.2) is 4.79 Å². The smallest absolute Gasteiger partial charge is 0.417 e. The predicted molar refractivity (Wildman–Crippen MR) is 49.6 cm³/mol. The first-order valence-electron chi connectivity index (χ1n) is 4.39. The van der Waals surface area contributed by atoms with Crippen LogP contribution in [0.4, 0.5) is 13.2 Å². The molecule has 1 heterocycles. The van der Waals surface area contributed by atoms with E-state index >= 15 is 0 Å². The summed E-state index contributed by atoms with van der Waals surface area (Å²) in [7, 11) is 0. The van der Waals surface area contributed by atoms with Crippen LogP contribution in [0.15, 0.2) is 18.5 Å². The fourth-order valence-electron chi connectivity index (χ4n) is 1.13. The number of carbonyl (C=O) groups is 1. The molecule has 0 saturated carbocycles.